The third-order valence-corrected chi connectivity index (χ3v) is 4.38. The van der Waals surface area contributed by atoms with Crippen molar-refractivity contribution in [1.29, 1.82) is 0 Å². The van der Waals surface area contributed by atoms with Crippen LogP contribution < -0.4 is 5.56 Å². The molecule has 0 amide bonds. The van der Waals surface area contributed by atoms with Gasteiger partial charge in [0.2, 0.25) is 0 Å². The van der Waals surface area contributed by atoms with Crippen molar-refractivity contribution < 1.29 is 13.7 Å². The first-order valence-corrected chi connectivity index (χ1v) is 7.10. The highest BCUT2D eigenvalue weighted by molar-refractivity contribution is 7.85. The normalized spacial score (nSPS) is 12.4. The summed E-state index contributed by atoms with van der Waals surface area (Å²) in [7, 11) is -1.92. The number of aromatic nitrogens is 2. The predicted molar refractivity (Wildman–Crippen MR) is 75.1 cm³/mol. The first-order chi connectivity index (χ1) is 10.1. The monoisotopic (exact) mass is 304 g/mol. The number of aromatic amines is 1. The summed E-state index contributed by atoms with van der Waals surface area (Å²) in [6, 6.07) is 8.03. The molecule has 0 spiro atoms. The van der Waals surface area contributed by atoms with E-state index >= 15 is 0 Å². The molecule has 0 aliphatic carbocycles. The van der Waals surface area contributed by atoms with Crippen LogP contribution in [0.15, 0.2) is 57.2 Å². The van der Waals surface area contributed by atoms with Crippen LogP contribution in [-0.4, -0.2) is 19.3 Å². The SMILES string of the molecule is O=c1[nH]c2ncccc2c(O)c1S(=O)c1ccc(F)cc1. The second-order valence-electron chi connectivity index (χ2n) is 4.25. The fraction of sp³-hybridized carbons (Fsp3) is 0. The van der Waals surface area contributed by atoms with E-state index < -0.39 is 22.2 Å². The summed E-state index contributed by atoms with van der Waals surface area (Å²) in [6.07, 6.45) is 1.47. The van der Waals surface area contributed by atoms with E-state index in [-0.39, 0.29) is 21.2 Å². The largest absolute Gasteiger partial charge is 0.506 e. The lowest BCUT2D eigenvalue weighted by atomic mass is 10.3. The molecule has 1 unspecified atom stereocenters. The van der Waals surface area contributed by atoms with Crippen LogP contribution >= 0.6 is 0 Å². The molecule has 5 nitrogen and oxygen atoms in total. The summed E-state index contributed by atoms with van der Waals surface area (Å²) >= 11 is 0. The van der Waals surface area contributed by atoms with Crippen LogP contribution in [0.5, 0.6) is 5.75 Å². The van der Waals surface area contributed by atoms with Gasteiger partial charge in [0.25, 0.3) is 5.56 Å². The van der Waals surface area contributed by atoms with Crippen molar-refractivity contribution >= 4 is 21.8 Å². The number of pyridine rings is 2. The maximum absolute atomic E-state index is 12.9. The number of halogens is 1. The van der Waals surface area contributed by atoms with E-state index in [0.29, 0.717) is 5.39 Å². The number of hydrogen-bond acceptors (Lipinski definition) is 4. The topological polar surface area (TPSA) is 83.1 Å². The Morgan fingerprint density at radius 3 is 2.62 bits per heavy atom. The van der Waals surface area contributed by atoms with Gasteiger partial charge < -0.3 is 10.1 Å². The minimum Gasteiger partial charge on any atom is -0.506 e. The molecule has 2 N–H and O–H groups in total. The minimum absolute atomic E-state index is 0.208. The molecule has 0 fully saturated rings. The molecular weight excluding hydrogens is 295 g/mol. The van der Waals surface area contributed by atoms with Crippen LogP contribution in [0.25, 0.3) is 11.0 Å². The Morgan fingerprint density at radius 1 is 1.19 bits per heavy atom. The second kappa shape index (κ2) is 5.10. The van der Waals surface area contributed by atoms with Gasteiger partial charge in [-0.3, -0.25) is 4.79 Å². The molecule has 1 aromatic carbocycles. The average Bonchev–Trinajstić information content (AvgIpc) is 2.48. The van der Waals surface area contributed by atoms with Crippen LogP contribution in [0, 0.1) is 5.82 Å². The summed E-state index contributed by atoms with van der Waals surface area (Å²) in [5, 5.41) is 10.5. The van der Waals surface area contributed by atoms with Crippen LogP contribution in [0.3, 0.4) is 0 Å². The molecule has 0 bridgehead atoms. The number of nitrogens with zero attached hydrogens (tertiary/aromatic N) is 1. The van der Waals surface area contributed by atoms with Crippen LogP contribution in [0.2, 0.25) is 0 Å². The first-order valence-electron chi connectivity index (χ1n) is 5.95. The van der Waals surface area contributed by atoms with Crippen molar-refractivity contribution in [3.05, 3.63) is 58.8 Å². The summed E-state index contributed by atoms with van der Waals surface area (Å²) in [5.74, 6) is -0.860. The molecule has 3 rings (SSSR count). The zero-order valence-corrected chi connectivity index (χ0v) is 11.4. The fourth-order valence-electron chi connectivity index (χ4n) is 1.94. The highest BCUT2D eigenvalue weighted by atomic mass is 32.2. The molecule has 0 saturated heterocycles. The van der Waals surface area contributed by atoms with Crippen molar-refractivity contribution in [3.63, 3.8) is 0 Å². The maximum Gasteiger partial charge on any atom is 0.270 e. The third kappa shape index (κ3) is 2.31. The van der Waals surface area contributed by atoms with Gasteiger partial charge in [-0.15, -0.1) is 0 Å². The first kappa shape index (κ1) is 13.4. The number of aromatic hydroxyl groups is 1. The third-order valence-electron chi connectivity index (χ3n) is 2.93. The molecule has 0 saturated carbocycles. The van der Waals surface area contributed by atoms with Gasteiger partial charge in [0.1, 0.15) is 17.2 Å². The Balaban J connectivity index is 2.22. The smallest absolute Gasteiger partial charge is 0.270 e. The molecule has 1 atom stereocenters. The van der Waals surface area contributed by atoms with Gasteiger partial charge in [0.15, 0.2) is 4.90 Å². The lowest BCUT2D eigenvalue weighted by Gasteiger charge is -2.06. The summed E-state index contributed by atoms with van der Waals surface area (Å²) in [6.45, 7) is 0. The molecule has 0 aliphatic heterocycles. The second-order valence-corrected chi connectivity index (χ2v) is 5.67. The fourth-order valence-corrected chi connectivity index (χ4v) is 3.06. The molecule has 2 aromatic heterocycles. The Hall–Kier alpha value is -2.54. The summed E-state index contributed by atoms with van der Waals surface area (Å²) < 4.78 is 25.3. The molecule has 0 aliphatic rings. The Labute approximate surface area is 120 Å². The number of hydrogen-bond donors (Lipinski definition) is 2. The molecule has 2 heterocycles. The molecule has 106 valence electrons. The van der Waals surface area contributed by atoms with E-state index in [1.54, 1.807) is 12.1 Å². The number of benzene rings is 1. The molecular formula is C14H9FN2O3S. The molecule has 3 aromatic rings. The van der Waals surface area contributed by atoms with Crippen molar-refractivity contribution in [2.24, 2.45) is 0 Å². The van der Waals surface area contributed by atoms with Gasteiger partial charge in [0.05, 0.1) is 16.2 Å². The van der Waals surface area contributed by atoms with E-state index in [4.69, 9.17) is 0 Å². The van der Waals surface area contributed by atoms with Crippen LogP contribution in [-0.2, 0) is 10.8 Å². The number of H-pyrrole nitrogens is 1. The van der Waals surface area contributed by atoms with Crippen LogP contribution in [0.4, 0.5) is 4.39 Å². The standard InChI is InChI=1S/C14H9FN2O3S/c15-8-3-5-9(6-4-8)21(20)12-11(18)10-2-1-7-16-13(10)17-14(12)19/h1-7H,(H2,16,17,18,19). The lowest BCUT2D eigenvalue weighted by molar-refractivity contribution is 0.465. The van der Waals surface area contributed by atoms with Gasteiger partial charge >= 0.3 is 0 Å². The highest BCUT2D eigenvalue weighted by Gasteiger charge is 2.19. The van der Waals surface area contributed by atoms with E-state index in [1.165, 1.54) is 18.3 Å². The predicted octanol–water partition coefficient (Wildman–Crippen LogP) is 1.93. The van der Waals surface area contributed by atoms with Crippen molar-refractivity contribution in [2.45, 2.75) is 9.79 Å². The number of fused-ring (bicyclic) bond motifs is 1. The van der Waals surface area contributed by atoms with E-state index in [0.717, 1.165) is 12.1 Å². The maximum atomic E-state index is 12.9. The Morgan fingerprint density at radius 2 is 1.90 bits per heavy atom. The Bertz CT molecular complexity index is 906. The summed E-state index contributed by atoms with van der Waals surface area (Å²) in [4.78, 5) is 18.4. The van der Waals surface area contributed by atoms with Gasteiger partial charge in [-0.1, -0.05) is 0 Å². The van der Waals surface area contributed by atoms with E-state index in [1.807, 2.05) is 0 Å². The molecule has 21 heavy (non-hydrogen) atoms. The van der Waals surface area contributed by atoms with Crippen molar-refractivity contribution in [1.82, 2.24) is 9.97 Å². The lowest BCUT2D eigenvalue weighted by Crippen LogP contribution is -2.15. The van der Waals surface area contributed by atoms with E-state index in [2.05, 4.69) is 9.97 Å². The average molecular weight is 304 g/mol. The summed E-state index contributed by atoms with van der Waals surface area (Å²) in [5.41, 5.74) is -0.485. The van der Waals surface area contributed by atoms with Gasteiger partial charge in [-0.25, -0.2) is 13.6 Å². The highest BCUT2D eigenvalue weighted by Crippen LogP contribution is 2.28. The molecule has 7 heteroatoms. The van der Waals surface area contributed by atoms with E-state index in [9.17, 15) is 18.5 Å². The van der Waals surface area contributed by atoms with Crippen molar-refractivity contribution in [3.8, 4) is 5.75 Å². The Kier molecular flexibility index (Phi) is 3.26. The van der Waals surface area contributed by atoms with Crippen molar-refractivity contribution in [2.75, 3.05) is 0 Å². The van der Waals surface area contributed by atoms with Gasteiger partial charge in [-0.05, 0) is 36.4 Å². The number of rotatable bonds is 2. The van der Waals surface area contributed by atoms with Gasteiger partial charge in [-0.2, -0.15) is 0 Å². The quantitative estimate of drug-likeness (QED) is 0.758. The van der Waals surface area contributed by atoms with Gasteiger partial charge in [0, 0.05) is 11.1 Å². The number of nitrogens with one attached hydrogen (secondary N) is 1. The zero-order chi connectivity index (χ0) is 15.0. The van der Waals surface area contributed by atoms with Crippen LogP contribution in [0.1, 0.15) is 0 Å². The zero-order valence-electron chi connectivity index (χ0n) is 10.5. The molecule has 0 radical (unpaired) electrons. The minimum atomic E-state index is -1.92.